The van der Waals surface area contributed by atoms with Crippen molar-refractivity contribution in [2.45, 2.75) is 26.3 Å². The summed E-state index contributed by atoms with van der Waals surface area (Å²) in [4.78, 5) is 23.6. The van der Waals surface area contributed by atoms with Crippen molar-refractivity contribution in [1.82, 2.24) is 5.32 Å². The van der Waals surface area contributed by atoms with E-state index in [2.05, 4.69) is 10.6 Å². The maximum atomic E-state index is 12.1. The van der Waals surface area contributed by atoms with E-state index >= 15 is 0 Å². The summed E-state index contributed by atoms with van der Waals surface area (Å²) >= 11 is 0. The highest BCUT2D eigenvalue weighted by molar-refractivity contribution is 5.92. The molecule has 2 amide bonds. The van der Waals surface area contributed by atoms with Gasteiger partial charge in [-0.15, -0.1) is 0 Å². The molecule has 0 bridgehead atoms. The van der Waals surface area contributed by atoms with Crippen LogP contribution in [-0.4, -0.2) is 11.8 Å². The van der Waals surface area contributed by atoms with Crippen molar-refractivity contribution < 1.29 is 9.59 Å². The molecule has 0 radical (unpaired) electrons. The Kier molecular flexibility index (Phi) is 6.09. The number of carbonyl (C=O) groups is 2. The topological polar surface area (TPSA) is 82.0 Å². The van der Waals surface area contributed by atoms with E-state index in [0.717, 1.165) is 16.7 Å². The van der Waals surface area contributed by atoms with Crippen LogP contribution in [0.1, 0.15) is 23.1 Å². The van der Waals surface area contributed by atoms with Crippen LogP contribution in [0, 0.1) is 18.3 Å². The molecule has 5 nitrogen and oxygen atoms in total. The second-order valence-corrected chi connectivity index (χ2v) is 5.48. The van der Waals surface area contributed by atoms with Gasteiger partial charge in [0.15, 0.2) is 0 Å². The highest BCUT2D eigenvalue weighted by Gasteiger charge is 2.08. The van der Waals surface area contributed by atoms with E-state index in [4.69, 9.17) is 5.26 Å². The van der Waals surface area contributed by atoms with Crippen LogP contribution >= 0.6 is 0 Å². The molecule has 2 aromatic rings. The number of nitrogens with zero attached hydrogens (tertiary/aromatic N) is 1. The lowest BCUT2D eigenvalue weighted by Gasteiger charge is -2.11. The molecular weight excluding hydrogens is 302 g/mol. The van der Waals surface area contributed by atoms with Crippen molar-refractivity contribution in [2.24, 2.45) is 0 Å². The number of para-hydroxylation sites is 1. The van der Waals surface area contributed by atoms with Crippen LogP contribution in [0.25, 0.3) is 0 Å². The normalized spacial score (nSPS) is 9.83. The second kappa shape index (κ2) is 8.49. The lowest BCUT2D eigenvalue weighted by Crippen LogP contribution is -2.25. The zero-order valence-electron chi connectivity index (χ0n) is 13.5. The summed E-state index contributed by atoms with van der Waals surface area (Å²) in [5.74, 6) is -0.451. The van der Waals surface area contributed by atoms with E-state index in [-0.39, 0.29) is 18.2 Å². The Labute approximate surface area is 141 Å². The van der Waals surface area contributed by atoms with Gasteiger partial charge in [0.25, 0.3) is 0 Å². The molecule has 5 heteroatoms. The summed E-state index contributed by atoms with van der Waals surface area (Å²) in [6.45, 7) is 2.31. The summed E-state index contributed by atoms with van der Waals surface area (Å²) in [6, 6.07) is 16.8. The van der Waals surface area contributed by atoms with Gasteiger partial charge in [0.05, 0.1) is 12.5 Å². The van der Waals surface area contributed by atoms with Gasteiger partial charge in [0.1, 0.15) is 6.42 Å². The van der Waals surface area contributed by atoms with Gasteiger partial charge in [-0.2, -0.15) is 5.26 Å². The summed E-state index contributed by atoms with van der Waals surface area (Å²) in [5, 5.41) is 14.1. The molecule has 0 saturated heterocycles. The van der Waals surface area contributed by atoms with Crippen LogP contribution in [0.4, 0.5) is 5.69 Å². The fourth-order valence-corrected chi connectivity index (χ4v) is 2.21. The molecule has 0 atom stereocenters. The van der Waals surface area contributed by atoms with Crippen molar-refractivity contribution in [3.05, 3.63) is 65.2 Å². The van der Waals surface area contributed by atoms with Gasteiger partial charge in [-0.25, -0.2) is 0 Å². The van der Waals surface area contributed by atoms with Crippen LogP contribution < -0.4 is 10.6 Å². The summed E-state index contributed by atoms with van der Waals surface area (Å²) < 4.78 is 0. The number of nitrogens with one attached hydrogen (secondary N) is 2. The highest BCUT2D eigenvalue weighted by Crippen LogP contribution is 2.15. The SMILES string of the molecule is Cc1ccc(CC(=O)NCc2ccccc2NC(=O)CC#N)cc1. The second-order valence-electron chi connectivity index (χ2n) is 5.48. The number of benzene rings is 2. The van der Waals surface area contributed by atoms with Gasteiger partial charge in [-0.3, -0.25) is 9.59 Å². The molecule has 122 valence electrons. The molecule has 0 spiro atoms. The number of amides is 2. The van der Waals surface area contributed by atoms with Crippen LogP contribution in [0.3, 0.4) is 0 Å². The first kappa shape index (κ1) is 17.2. The first-order valence-corrected chi connectivity index (χ1v) is 7.65. The highest BCUT2D eigenvalue weighted by atomic mass is 16.2. The first-order valence-electron chi connectivity index (χ1n) is 7.65. The fourth-order valence-electron chi connectivity index (χ4n) is 2.21. The Morgan fingerprint density at radius 3 is 2.46 bits per heavy atom. The maximum Gasteiger partial charge on any atom is 0.238 e. The zero-order valence-corrected chi connectivity index (χ0v) is 13.5. The number of hydrogen-bond donors (Lipinski definition) is 2. The molecule has 24 heavy (non-hydrogen) atoms. The monoisotopic (exact) mass is 321 g/mol. The Morgan fingerprint density at radius 2 is 1.75 bits per heavy atom. The van der Waals surface area contributed by atoms with Crippen LogP contribution in [0.15, 0.2) is 48.5 Å². The average Bonchev–Trinajstić information content (AvgIpc) is 2.56. The number of rotatable bonds is 6. The lowest BCUT2D eigenvalue weighted by molar-refractivity contribution is -0.120. The van der Waals surface area contributed by atoms with E-state index in [9.17, 15) is 9.59 Å². The molecule has 2 N–H and O–H groups in total. The largest absolute Gasteiger partial charge is 0.352 e. The molecule has 0 unspecified atom stereocenters. The number of carbonyl (C=O) groups excluding carboxylic acids is 2. The molecule has 0 aliphatic rings. The van der Waals surface area contributed by atoms with Crippen molar-refractivity contribution in [3.63, 3.8) is 0 Å². The van der Waals surface area contributed by atoms with Gasteiger partial charge in [-0.1, -0.05) is 48.0 Å². The molecule has 0 aromatic heterocycles. The van der Waals surface area contributed by atoms with Crippen LogP contribution in [0.5, 0.6) is 0 Å². The van der Waals surface area contributed by atoms with Gasteiger partial charge in [0.2, 0.25) is 11.8 Å². The van der Waals surface area contributed by atoms with E-state index in [1.807, 2.05) is 43.3 Å². The van der Waals surface area contributed by atoms with Crippen molar-refractivity contribution in [1.29, 1.82) is 5.26 Å². The predicted octanol–water partition coefficient (Wildman–Crippen LogP) is 2.71. The molecule has 0 aliphatic heterocycles. The van der Waals surface area contributed by atoms with Gasteiger partial charge in [0, 0.05) is 12.2 Å². The quantitative estimate of drug-likeness (QED) is 0.858. The summed E-state index contributed by atoms with van der Waals surface area (Å²) in [6.07, 6.45) is 0.108. The summed E-state index contributed by atoms with van der Waals surface area (Å²) in [7, 11) is 0. The Morgan fingerprint density at radius 1 is 1.04 bits per heavy atom. The Balaban J connectivity index is 1.94. The average molecular weight is 321 g/mol. The van der Waals surface area contributed by atoms with Gasteiger partial charge < -0.3 is 10.6 Å². The van der Waals surface area contributed by atoms with Crippen LogP contribution in [-0.2, 0) is 22.6 Å². The number of nitriles is 1. The van der Waals surface area contributed by atoms with Crippen molar-refractivity contribution >= 4 is 17.5 Å². The third-order valence-electron chi connectivity index (χ3n) is 3.49. The van der Waals surface area contributed by atoms with Crippen molar-refractivity contribution in [3.8, 4) is 6.07 Å². The summed E-state index contributed by atoms with van der Waals surface area (Å²) in [5.41, 5.74) is 3.50. The number of anilines is 1. The third kappa shape index (κ3) is 5.25. The van der Waals surface area contributed by atoms with Gasteiger partial charge in [-0.05, 0) is 24.1 Å². The molecule has 0 aliphatic carbocycles. The third-order valence-corrected chi connectivity index (χ3v) is 3.49. The van der Waals surface area contributed by atoms with Crippen molar-refractivity contribution in [2.75, 3.05) is 5.32 Å². The standard InChI is InChI=1S/C19H19N3O2/c1-14-6-8-15(9-7-14)12-19(24)21-13-16-4-2-3-5-17(16)22-18(23)10-11-20/h2-9H,10,12-13H2,1H3,(H,21,24)(H,22,23). The zero-order chi connectivity index (χ0) is 17.4. The minimum absolute atomic E-state index is 0.0861. The first-order chi connectivity index (χ1) is 11.6. The number of hydrogen-bond acceptors (Lipinski definition) is 3. The molecule has 0 fully saturated rings. The lowest BCUT2D eigenvalue weighted by atomic mass is 10.1. The minimum atomic E-state index is -0.365. The van der Waals surface area contributed by atoms with Gasteiger partial charge >= 0.3 is 0 Å². The van der Waals surface area contributed by atoms with Crippen LogP contribution in [0.2, 0.25) is 0 Å². The maximum absolute atomic E-state index is 12.1. The Bertz CT molecular complexity index is 761. The molecule has 0 heterocycles. The Hall–Kier alpha value is -3.13. The predicted molar refractivity (Wildman–Crippen MR) is 92.0 cm³/mol. The molecular formula is C19H19N3O2. The van der Waals surface area contributed by atoms with E-state index in [1.165, 1.54) is 0 Å². The number of aryl methyl sites for hydroxylation is 1. The van der Waals surface area contributed by atoms with E-state index in [0.29, 0.717) is 18.7 Å². The molecule has 2 rings (SSSR count). The van der Waals surface area contributed by atoms with E-state index < -0.39 is 0 Å². The fraction of sp³-hybridized carbons (Fsp3) is 0.211. The van der Waals surface area contributed by atoms with E-state index in [1.54, 1.807) is 18.2 Å². The molecule has 0 saturated carbocycles. The smallest absolute Gasteiger partial charge is 0.238 e. The molecule has 2 aromatic carbocycles. The minimum Gasteiger partial charge on any atom is -0.352 e.